The van der Waals surface area contributed by atoms with Crippen LogP contribution in [-0.4, -0.2) is 32.3 Å². The number of nitrogens with zero attached hydrogens (tertiary/aromatic N) is 2. The van der Waals surface area contributed by atoms with Crippen LogP contribution in [0.1, 0.15) is 26.3 Å². The number of carbonyl (C=O) groups excluding carboxylic acids is 2. The van der Waals surface area contributed by atoms with Gasteiger partial charge in [0.2, 0.25) is 0 Å². The number of nitrogens with one attached hydrogen (secondary N) is 2. The van der Waals surface area contributed by atoms with Crippen molar-refractivity contribution in [3.05, 3.63) is 120 Å². The van der Waals surface area contributed by atoms with Gasteiger partial charge in [-0.15, -0.1) is 0 Å². The largest absolute Gasteiger partial charge is 0.348 e. The molecule has 0 fully saturated rings. The Bertz CT molecular complexity index is 1480. The fourth-order valence-electron chi connectivity index (χ4n) is 3.58. The van der Waals surface area contributed by atoms with Gasteiger partial charge in [0.05, 0.1) is 27.4 Å². The first-order valence-corrected chi connectivity index (χ1v) is 12.5. The highest BCUT2D eigenvalue weighted by atomic mass is 32.2. The second-order valence-electron chi connectivity index (χ2n) is 7.85. The molecular weight excluding hydrogens is 476 g/mol. The second-order valence-corrected chi connectivity index (χ2v) is 9.82. The summed E-state index contributed by atoms with van der Waals surface area (Å²) in [6, 6.07) is 24.6. The zero-order chi connectivity index (χ0) is 25.5. The molecule has 0 saturated heterocycles. The minimum atomic E-state index is -3.89. The molecule has 0 atom stereocenters. The van der Waals surface area contributed by atoms with Crippen molar-refractivity contribution < 1.29 is 18.0 Å². The smallest absolute Gasteiger partial charge is 0.264 e. The molecule has 0 aliphatic heterocycles. The van der Waals surface area contributed by atoms with Crippen molar-refractivity contribution in [1.82, 2.24) is 10.3 Å². The molecular formula is C27H24N4O4S. The highest BCUT2D eigenvalue weighted by Crippen LogP contribution is 2.27. The van der Waals surface area contributed by atoms with Crippen molar-refractivity contribution in [2.45, 2.75) is 11.4 Å². The monoisotopic (exact) mass is 500 g/mol. The number of pyridine rings is 1. The Kier molecular flexibility index (Phi) is 7.41. The van der Waals surface area contributed by atoms with E-state index in [1.165, 1.54) is 25.2 Å². The molecule has 4 rings (SSSR count). The molecule has 3 aromatic carbocycles. The van der Waals surface area contributed by atoms with Gasteiger partial charge in [0.1, 0.15) is 0 Å². The van der Waals surface area contributed by atoms with Gasteiger partial charge >= 0.3 is 0 Å². The van der Waals surface area contributed by atoms with Gasteiger partial charge < -0.3 is 10.6 Å². The third-order valence-corrected chi connectivity index (χ3v) is 7.27. The second kappa shape index (κ2) is 10.8. The van der Waals surface area contributed by atoms with E-state index in [1.807, 2.05) is 6.07 Å². The van der Waals surface area contributed by atoms with Gasteiger partial charge in [-0.3, -0.25) is 18.9 Å². The summed E-state index contributed by atoms with van der Waals surface area (Å²) in [5.41, 5.74) is 1.76. The number of sulfonamides is 1. The minimum Gasteiger partial charge on any atom is -0.348 e. The third-order valence-electron chi connectivity index (χ3n) is 5.49. The maximum atomic E-state index is 13.3. The summed E-state index contributed by atoms with van der Waals surface area (Å²) in [6.07, 6.45) is 3.31. The molecule has 0 spiro atoms. The van der Waals surface area contributed by atoms with Gasteiger partial charge in [0, 0.05) is 26.0 Å². The summed E-state index contributed by atoms with van der Waals surface area (Å²) in [7, 11) is -2.50. The highest BCUT2D eigenvalue weighted by Gasteiger charge is 2.25. The molecule has 36 heavy (non-hydrogen) atoms. The Morgan fingerprint density at radius 1 is 0.806 bits per heavy atom. The summed E-state index contributed by atoms with van der Waals surface area (Å²) < 4.78 is 27.3. The van der Waals surface area contributed by atoms with Crippen LogP contribution in [0.2, 0.25) is 0 Å². The van der Waals surface area contributed by atoms with Crippen LogP contribution >= 0.6 is 0 Å². The Labute approximate surface area is 209 Å². The van der Waals surface area contributed by atoms with E-state index in [0.29, 0.717) is 5.69 Å². The van der Waals surface area contributed by atoms with E-state index >= 15 is 0 Å². The van der Waals surface area contributed by atoms with Crippen LogP contribution in [0.5, 0.6) is 0 Å². The molecule has 0 aliphatic rings. The van der Waals surface area contributed by atoms with E-state index in [4.69, 9.17) is 0 Å². The quantitative estimate of drug-likeness (QED) is 0.379. The van der Waals surface area contributed by atoms with Crippen LogP contribution in [0.3, 0.4) is 0 Å². The molecule has 0 unspecified atom stereocenters. The average Bonchev–Trinajstić information content (AvgIpc) is 2.92. The predicted molar refractivity (Wildman–Crippen MR) is 138 cm³/mol. The zero-order valence-corrected chi connectivity index (χ0v) is 20.3. The molecule has 182 valence electrons. The van der Waals surface area contributed by atoms with Crippen LogP contribution in [0, 0.1) is 0 Å². The maximum absolute atomic E-state index is 13.3. The van der Waals surface area contributed by atoms with E-state index in [9.17, 15) is 18.0 Å². The standard InChI is InChI=1S/C27H24N4O4S/c1-31(36(34,35)21-11-3-2-4-12-21)25-16-8-6-14-23(25)27(33)30-24-15-7-5-13-22(24)26(32)29-19-20-10-9-17-28-18-20/h2-18H,19H2,1H3,(H,29,32)(H,30,33). The number of anilines is 2. The topological polar surface area (TPSA) is 108 Å². The van der Waals surface area contributed by atoms with Crippen molar-refractivity contribution >= 4 is 33.2 Å². The highest BCUT2D eigenvalue weighted by molar-refractivity contribution is 7.92. The number of amides is 2. The molecule has 1 heterocycles. The van der Waals surface area contributed by atoms with Gasteiger partial charge in [-0.05, 0) is 48.0 Å². The van der Waals surface area contributed by atoms with Crippen molar-refractivity contribution in [2.24, 2.45) is 0 Å². The molecule has 0 saturated carbocycles. The Hall–Kier alpha value is -4.50. The van der Waals surface area contributed by atoms with Crippen LogP contribution in [0.4, 0.5) is 11.4 Å². The summed E-state index contributed by atoms with van der Waals surface area (Å²) >= 11 is 0. The van der Waals surface area contributed by atoms with Crippen molar-refractivity contribution in [3.8, 4) is 0 Å². The van der Waals surface area contributed by atoms with Gasteiger partial charge in [0.25, 0.3) is 21.8 Å². The molecule has 0 bridgehead atoms. The predicted octanol–water partition coefficient (Wildman–Crippen LogP) is 4.09. The lowest BCUT2D eigenvalue weighted by Crippen LogP contribution is -2.29. The number of para-hydroxylation sites is 2. The molecule has 2 amide bonds. The third kappa shape index (κ3) is 5.42. The van der Waals surface area contributed by atoms with Gasteiger partial charge in [0.15, 0.2) is 0 Å². The van der Waals surface area contributed by atoms with Crippen LogP contribution in [0.15, 0.2) is 108 Å². The molecule has 9 heteroatoms. The van der Waals surface area contributed by atoms with Gasteiger partial charge in [-0.25, -0.2) is 8.42 Å². The van der Waals surface area contributed by atoms with Crippen LogP contribution in [0.25, 0.3) is 0 Å². The normalized spacial score (nSPS) is 10.9. The van der Waals surface area contributed by atoms with Crippen LogP contribution < -0.4 is 14.9 Å². The van der Waals surface area contributed by atoms with Gasteiger partial charge in [-0.2, -0.15) is 0 Å². The van der Waals surface area contributed by atoms with Gasteiger partial charge in [-0.1, -0.05) is 48.5 Å². The first-order valence-electron chi connectivity index (χ1n) is 11.1. The number of aromatic nitrogens is 1. The fourth-order valence-corrected chi connectivity index (χ4v) is 4.82. The molecule has 8 nitrogen and oxygen atoms in total. The first-order chi connectivity index (χ1) is 17.4. The minimum absolute atomic E-state index is 0.110. The number of rotatable bonds is 8. The molecule has 4 aromatic rings. The molecule has 0 radical (unpaired) electrons. The number of hydrogen-bond acceptors (Lipinski definition) is 5. The number of carbonyl (C=O) groups is 2. The summed E-state index contributed by atoms with van der Waals surface area (Å²) in [5.74, 6) is -0.917. The lowest BCUT2D eigenvalue weighted by Gasteiger charge is -2.22. The zero-order valence-electron chi connectivity index (χ0n) is 19.5. The van der Waals surface area contributed by atoms with E-state index in [2.05, 4.69) is 15.6 Å². The lowest BCUT2D eigenvalue weighted by molar-refractivity contribution is 0.0951. The lowest BCUT2D eigenvalue weighted by atomic mass is 10.1. The van der Waals surface area contributed by atoms with Crippen molar-refractivity contribution in [3.63, 3.8) is 0 Å². The van der Waals surface area contributed by atoms with Crippen molar-refractivity contribution in [2.75, 3.05) is 16.7 Å². The summed E-state index contributed by atoms with van der Waals surface area (Å²) in [6.45, 7) is 0.278. The Morgan fingerprint density at radius 3 is 2.19 bits per heavy atom. The molecule has 2 N–H and O–H groups in total. The number of benzene rings is 3. The summed E-state index contributed by atoms with van der Waals surface area (Å²) in [5, 5.41) is 5.58. The van der Waals surface area contributed by atoms with E-state index in [1.54, 1.807) is 79.1 Å². The maximum Gasteiger partial charge on any atom is 0.264 e. The Morgan fingerprint density at radius 2 is 1.47 bits per heavy atom. The van der Waals surface area contributed by atoms with Crippen LogP contribution in [-0.2, 0) is 16.6 Å². The average molecular weight is 501 g/mol. The fraction of sp³-hybridized carbons (Fsp3) is 0.0741. The summed E-state index contributed by atoms with van der Waals surface area (Å²) in [4.78, 5) is 30.3. The van der Waals surface area contributed by atoms with E-state index in [0.717, 1.165) is 9.87 Å². The molecule has 1 aromatic heterocycles. The van der Waals surface area contributed by atoms with E-state index in [-0.39, 0.29) is 34.2 Å². The molecule has 0 aliphatic carbocycles. The number of hydrogen-bond donors (Lipinski definition) is 2. The van der Waals surface area contributed by atoms with Crippen molar-refractivity contribution in [1.29, 1.82) is 0 Å². The Balaban J connectivity index is 1.57. The first kappa shape index (κ1) is 24.6. The van der Waals surface area contributed by atoms with E-state index < -0.39 is 15.9 Å². The SMILES string of the molecule is CN(c1ccccc1C(=O)Nc1ccccc1C(=O)NCc1cccnc1)S(=O)(=O)c1ccccc1.